The number of rotatable bonds is 6. The molecule has 170 valence electrons. The first-order valence-electron chi connectivity index (χ1n) is 13.2. The molecule has 0 aliphatic heterocycles. The van der Waals surface area contributed by atoms with Gasteiger partial charge in [0.05, 0.1) is 0 Å². The van der Waals surface area contributed by atoms with E-state index in [0.29, 0.717) is 10.8 Å². The van der Waals surface area contributed by atoms with Gasteiger partial charge in [-0.05, 0) is 97.1 Å². The Bertz CT molecular complexity index is 643. The minimum atomic E-state index is -1.14. The molecule has 0 aromatic rings. The molecular weight excluding hydrogens is 367 g/mol. The van der Waals surface area contributed by atoms with Crippen LogP contribution in [0.4, 0.5) is 0 Å². The molecule has 4 aliphatic carbocycles. The van der Waals surface area contributed by atoms with E-state index < -0.39 is 7.12 Å². The predicted molar refractivity (Wildman–Crippen MR) is 127 cm³/mol. The van der Waals surface area contributed by atoms with Gasteiger partial charge in [-0.25, -0.2) is 0 Å². The fourth-order valence-electron chi connectivity index (χ4n) is 8.97. The number of hydrogen-bond donors (Lipinski definition) is 2. The summed E-state index contributed by atoms with van der Waals surface area (Å²) in [7, 11) is -1.14. The van der Waals surface area contributed by atoms with E-state index in [1.807, 2.05) is 0 Å². The Kier molecular flexibility index (Phi) is 6.55. The second-order valence-corrected chi connectivity index (χ2v) is 12.7. The van der Waals surface area contributed by atoms with Crippen LogP contribution in [0.2, 0.25) is 5.82 Å². The van der Waals surface area contributed by atoms with E-state index in [1.165, 1.54) is 51.4 Å². The summed E-state index contributed by atoms with van der Waals surface area (Å²) in [6, 6.07) is 0. The fraction of sp³-hybridized carbons (Fsp3) is 0.926. The molecule has 0 aromatic carbocycles. The van der Waals surface area contributed by atoms with Crippen LogP contribution in [-0.4, -0.2) is 17.2 Å². The lowest BCUT2D eigenvalue weighted by Crippen LogP contribution is -2.50. The predicted octanol–water partition coefficient (Wildman–Crippen LogP) is 6.87. The lowest BCUT2D eigenvalue weighted by molar-refractivity contribution is -0.0503. The molecular formula is C27H47BO2. The molecule has 30 heavy (non-hydrogen) atoms. The van der Waals surface area contributed by atoms with Crippen molar-refractivity contribution in [3.63, 3.8) is 0 Å². The topological polar surface area (TPSA) is 40.5 Å². The van der Waals surface area contributed by atoms with Gasteiger partial charge in [-0.2, -0.15) is 0 Å². The van der Waals surface area contributed by atoms with Crippen molar-refractivity contribution in [3.05, 3.63) is 11.6 Å². The molecule has 0 radical (unpaired) electrons. The lowest BCUT2D eigenvalue weighted by Gasteiger charge is -2.58. The van der Waals surface area contributed by atoms with Crippen LogP contribution in [-0.2, 0) is 0 Å². The Morgan fingerprint density at radius 3 is 2.47 bits per heavy atom. The summed E-state index contributed by atoms with van der Waals surface area (Å²) in [5.41, 5.74) is 2.43. The first-order valence-corrected chi connectivity index (χ1v) is 13.2. The lowest BCUT2D eigenvalue weighted by atomic mass is 9.45. The second kappa shape index (κ2) is 8.58. The molecule has 2 nitrogen and oxygen atoms in total. The fourth-order valence-corrected chi connectivity index (χ4v) is 8.97. The van der Waals surface area contributed by atoms with Gasteiger partial charge in [-0.15, -0.1) is 0 Å². The molecule has 8 atom stereocenters. The van der Waals surface area contributed by atoms with Gasteiger partial charge in [0.2, 0.25) is 0 Å². The average Bonchev–Trinajstić information content (AvgIpc) is 3.04. The van der Waals surface area contributed by atoms with Gasteiger partial charge in [0.25, 0.3) is 0 Å². The summed E-state index contributed by atoms with van der Waals surface area (Å²) < 4.78 is 0. The van der Waals surface area contributed by atoms with E-state index in [4.69, 9.17) is 0 Å². The van der Waals surface area contributed by atoms with Gasteiger partial charge < -0.3 is 10.0 Å². The maximum Gasteiger partial charge on any atom is 0.455 e. The van der Waals surface area contributed by atoms with Gasteiger partial charge >= 0.3 is 7.12 Å². The number of allylic oxidation sites excluding steroid dienone is 2. The summed E-state index contributed by atoms with van der Waals surface area (Å²) in [6.07, 6.45) is 16.8. The summed E-state index contributed by atoms with van der Waals surface area (Å²) in [4.78, 5) is 0. The largest absolute Gasteiger partial charge is 0.455 e. The van der Waals surface area contributed by atoms with E-state index in [9.17, 15) is 10.0 Å². The van der Waals surface area contributed by atoms with Crippen LogP contribution in [0.15, 0.2) is 11.6 Å². The van der Waals surface area contributed by atoms with Crippen LogP contribution in [0, 0.1) is 46.3 Å². The van der Waals surface area contributed by atoms with E-state index in [0.717, 1.165) is 54.8 Å². The van der Waals surface area contributed by atoms with E-state index in [-0.39, 0.29) is 5.82 Å². The van der Waals surface area contributed by atoms with Crippen LogP contribution in [0.25, 0.3) is 0 Å². The highest BCUT2D eigenvalue weighted by atomic mass is 16.4. The summed E-state index contributed by atoms with van der Waals surface area (Å²) in [5, 5.41) is 19.5. The molecule has 3 saturated carbocycles. The smallest absolute Gasteiger partial charge is 0.427 e. The highest BCUT2D eigenvalue weighted by Gasteiger charge is 2.59. The number of fused-ring (bicyclic) bond motifs is 5. The molecule has 4 rings (SSSR count). The third-order valence-corrected chi connectivity index (χ3v) is 10.8. The van der Waals surface area contributed by atoms with Crippen LogP contribution >= 0.6 is 0 Å². The zero-order chi connectivity index (χ0) is 21.7. The van der Waals surface area contributed by atoms with E-state index in [2.05, 4.69) is 40.7 Å². The van der Waals surface area contributed by atoms with E-state index in [1.54, 1.807) is 5.57 Å². The second-order valence-electron chi connectivity index (χ2n) is 12.7. The SMILES string of the molecule is CC(C)CCC[C@@H](C)[C@H]1CC[C@H]2[C@@H]3CC=C4CC(B(O)O)CC[C@]4(C)[C@H]3CC[C@]12C. The highest BCUT2D eigenvalue weighted by molar-refractivity contribution is 6.43. The normalized spacial score (nSPS) is 44.1. The molecule has 3 fully saturated rings. The maximum absolute atomic E-state index is 9.74. The van der Waals surface area contributed by atoms with Crippen molar-refractivity contribution >= 4 is 7.12 Å². The third kappa shape index (κ3) is 3.85. The first-order chi connectivity index (χ1) is 14.2. The molecule has 2 N–H and O–H groups in total. The Balaban J connectivity index is 1.48. The Labute approximate surface area is 186 Å². The summed E-state index contributed by atoms with van der Waals surface area (Å²) >= 11 is 0. The van der Waals surface area contributed by atoms with Crippen molar-refractivity contribution in [3.8, 4) is 0 Å². The van der Waals surface area contributed by atoms with Gasteiger partial charge in [0.1, 0.15) is 0 Å². The highest BCUT2D eigenvalue weighted by Crippen LogP contribution is 2.67. The van der Waals surface area contributed by atoms with Gasteiger partial charge in [0, 0.05) is 0 Å². The zero-order valence-corrected chi connectivity index (χ0v) is 20.4. The van der Waals surface area contributed by atoms with Crippen LogP contribution in [0.3, 0.4) is 0 Å². The van der Waals surface area contributed by atoms with E-state index >= 15 is 0 Å². The van der Waals surface area contributed by atoms with Crippen molar-refractivity contribution in [2.75, 3.05) is 0 Å². The third-order valence-electron chi connectivity index (χ3n) is 10.8. The molecule has 0 amide bonds. The van der Waals surface area contributed by atoms with Gasteiger partial charge in [-0.1, -0.05) is 72.0 Å². The monoisotopic (exact) mass is 414 g/mol. The molecule has 0 heterocycles. The summed E-state index contributed by atoms with van der Waals surface area (Å²) in [6.45, 7) is 12.5. The minimum Gasteiger partial charge on any atom is -0.427 e. The van der Waals surface area contributed by atoms with Crippen LogP contribution in [0.5, 0.6) is 0 Å². The standard InChI is InChI=1S/C27H47BO2/c1-18(2)7-6-8-19(3)23-11-12-24-22-10-9-20-17-21(28(29)30)13-15-26(20,4)25(22)14-16-27(23,24)5/h9,18-19,21-25,29-30H,6-8,10-17H2,1-5H3/t19-,21?,22+,23-,24+,25+,26+,27-/m1/s1. The van der Waals surface area contributed by atoms with Gasteiger partial charge in [0.15, 0.2) is 0 Å². The van der Waals surface area contributed by atoms with Crippen molar-refractivity contribution < 1.29 is 10.0 Å². The van der Waals surface area contributed by atoms with Crippen LogP contribution < -0.4 is 0 Å². The van der Waals surface area contributed by atoms with Crippen molar-refractivity contribution in [1.29, 1.82) is 0 Å². The molecule has 0 spiro atoms. The molecule has 0 saturated heterocycles. The van der Waals surface area contributed by atoms with Crippen molar-refractivity contribution in [2.45, 2.75) is 111 Å². The van der Waals surface area contributed by atoms with Crippen molar-refractivity contribution in [2.24, 2.45) is 46.3 Å². The Morgan fingerprint density at radius 2 is 1.77 bits per heavy atom. The van der Waals surface area contributed by atoms with Gasteiger partial charge in [-0.3, -0.25) is 0 Å². The Hall–Kier alpha value is -0.275. The molecule has 0 aromatic heterocycles. The van der Waals surface area contributed by atoms with Crippen molar-refractivity contribution in [1.82, 2.24) is 0 Å². The summed E-state index contributed by atoms with van der Waals surface area (Å²) in [5.74, 6) is 5.28. The maximum atomic E-state index is 9.74. The molecule has 0 bridgehead atoms. The first kappa shape index (κ1) is 22.9. The quantitative estimate of drug-likeness (QED) is 0.368. The van der Waals surface area contributed by atoms with Crippen LogP contribution in [0.1, 0.15) is 105 Å². The molecule has 1 unspecified atom stereocenters. The Morgan fingerprint density at radius 1 is 1.00 bits per heavy atom. The minimum absolute atomic E-state index is 0.0530. The molecule has 3 heteroatoms. The average molecular weight is 414 g/mol. The zero-order valence-electron chi connectivity index (χ0n) is 20.4. The molecule has 4 aliphatic rings. The number of hydrogen-bond acceptors (Lipinski definition) is 2.